The van der Waals surface area contributed by atoms with Crippen LogP contribution in [-0.4, -0.2) is 26.5 Å². The van der Waals surface area contributed by atoms with Gasteiger partial charge < -0.3 is 9.88 Å². The van der Waals surface area contributed by atoms with Gasteiger partial charge in [-0.2, -0.15) is 0 Å². The van der Waals surface area contributed by atoms with Crippen molar-refractivity contribution in [3.05, 3.63) is 89.2 Å². The number of hydrogen-bond donors (Lipinski definition) is 1. The van der Waals surface area contributed by atoms with Gasteiger partial charge in [-0.15, -0.1) is 0 Å². The molecule has 186 valence electrons. The SMILES string of the molecule is Cc1cccc(CSc2nc3ccncc3n2Cc2ccc(C(=O)N[C@@H]3CCC[C@H](C)[C@H]3C)cc2)c1. The minimum absolute atomic E-state index is 0.0270. The van der Waals surface area contributed by atoms with E-state index >= 15 is 0 Å². The van der Waals surface area contributed by atoms with Crippen molar-refractivity contribution in [1.29, 1.82) is 0 Å². The van der Waals surface area contributed by atoms with Crippen LogP contribution in [0.25, 0.3) is 11.0 Å². The molecule has 1 N–H and O–H groups in total. The number of hydrogen-bond acceptors (Lipinski definition) is 4. The lowest BCUT2D eigenvalue weighted by Gasteiger charge is -2.34. The Bertz CT molecular complexity index is 1350. The summed E-state index contributed by atoms with van der Waals surface area (Å²) in [6.45, 7) is 7.35. The highest BCUT2D eigenvalue weighted by Gasteiger charge is 2.28. The Hall–Kier alpha value is -3.12. The van der Waals surface area contributed by atoms with Crippen LogP contribution < -0.4 is 5.32 Å². The van der Waals surface area contributed by atoms with E-state index < -0.39 is 0 Å². The number of nitrogens with one attached hydrogen (secondary N) is 1. The van der Waals surface area contributed by atoms with Gasteiger partial charge >= 0.3 is 0 Å². The van der Waals surface area contributed by atoms with Gasteiger partial charge in [0.25, 0.3) is 5.91 Å². The minimum atomic E-state index is 0.0270. The van der Waals surface area contributed by atoms with Crippen LogP contribution in [0.3, 0.4) is 0 Å². The Balaban J connectivity index is 1.31. The molecule has 5 nitrogen and oxygen atoms in total. The molecule has 0 radical (unpaired) electrons. The molecule has 2 heterocycles. The van der Waals surface area contributed by atoms with E-state index in [1.54, 1.807) is 18.0 Å². The molecule has 5 rings (SSSR count). The second-order valence-electron chi connectivity index (χ2n) is 10.2. The van der Waals surface area contributed by atoms with Gasteiger partial charge in [-0.05, 0) is 54.5 Å². The summed E-state index contributed by atoms with van der Waals surface area (Å²) in [6.07, 6.45) is 7.18. The van der Waals surface area contributed by atoms with Crippen LogP contribution in [0.1, 0.15) is 60.2 Å². The minimum Gasteiger partial charge on any atom is -0.349 e. The predicted octanol–water partition coefficient (Wildman–Crippen LogP) is 6.63. The van der Waals surface area contributed by atoms with Crippen molar-refractivity contribution in [2.75, 3.05) is 0 Å². The number of rotatable bonds is 7. The van der Waals surface area contributed by atoms with E-state index in [0.717, 1.165) is 39.5 Å². The Morgan fingerprint density at radius 2 is 1.92 bits per heavy atom. The van der Waals surface area contributed by atoms with E-state index in [4.69, 9.17) is 4.98 Å². The number of amides is 1. The van der Waals surface area contributed by atoms with E-state index in [0.29, 0.717) is 18.4 Å². The second kappa shape index (κ2) is 10.9. The Kier molecular flexibility index (Phi) is 7.42. The second-order valence-corrected chi connectivity index (χ2v) is 11.1. The van der Waals surface area contributed by atoms with Gasteiger partial charge in [0.2, 0.25) is 0 Å². The van der Waals surface area contributed by atoms with Crippen LogP contribution >= 0.6 is 11.8 Å². The first-order chi connectivity index (χ1) is 17.5. The zero-order valence-electron chi connectivity index (χ0n) is 21.3. The molecule has 4 aromatic rings. The molecular weight excluding hydrogens is 464 g/mol. The molecular formula is C30H34N4OS. The summed E-state index contributed by atoms with van der Waals surface area (Å²) in [5.74, 6) is 2.05. The summed E-state index contributed by atoms with van der Waals surface area (Å²) < 4.78 is 2.23. The van der Waals surface area contributed by atoms with Crippen molar-refractivity contribution in [2.24, 2.45) is 11.8 Å². The van der Waals surface area contributed by atoms with Crippen molar-refractivity contribution >= 4 is 28.7 Å². The van der Waals surface area contributed by atoms with Crippen LogP contribution in [-0.2, 0) is 12.3 Å². The molecule has 3 atom stereocenters. The number of imidazole rings is 1. The van der Waals surface area contributed by atoms with E-state index in [2.05, 4.69) is 72.0 Å². The fourth-order valence-corrected chi connectivity index (χ4v) is 6.10. The van der Waals surface area contributed by atoms with E-state index in [1.165, 1.54) is 24.0 Å². The zero-order valence-corrected chi connectivity index (χ0v) is 22.1. The highest BCUT2D eigenvalue weighted by Crippen LogP contribution is 2.30. The van der Waals surface area contributed by atoms with Crippen molar-refractivity contribution in [2.45, 2.75) is 63.5 Å². The topological polar surface area (TPSA) is 59.8 Å². The molecule has 2 aromatic carbocycles. The normalized spacial score (nSPS) is 19.9. The number of carbonyl (C=O) groups excluding carboxylic acids is 1. The third-order valence-corrected chi connectivity index (χ3v) is 8.59. The molecule has 1 amide bonds. The quantitative estimate of drug-likeness (QED) is 0.290. The first-order valence-corrected chi connectivity index (χ1v) is 13.8. The third-order valence-electron chi connectivity index (χ3n) is 7.55. The monoisotopic (exact) mass is 498 g/mol. The number of aromatic nitrogens is 3. The maximum atomic E-state index is 12.9. The maximum absolute atomic E-state index is 12.9. The van der Waals surface area contributed by atoms with Gasteiger partial charge in [-0.1, -0.05) is 80.4 Å². The number of fused-ring (bicyclic) bond motifs is 1. The molecule has 1 aliphatic rings. The number of benzene rings is 2. The Labute approximate surface area is 217 Å². The average Bonchev–Trinajstić information content (AvgIpc) is 3.23. The number of pyridine rings is 1. The van der Waals surface area contributed by atoms with Gasteiger partial charge in [-0.25, -0.2) is 4.98 Å². The molecule has 0 bridgehead atoms. The standard InChI is InChI=1S/C30H34N4OS/c1-20-6-4-8-24(16-20)19-36-30-33-27-14-15-31-17-28(27)34(30)18-23-10-12-25(13-11-23)29(35)32-26-9-5-7-21(2)22(26)3/h4,6,8,10-17,21-22,26H,5,7,9,18-19H2,1-3H3,(H,32,35)/t21-,22+,26+/m0/s1. The third kappa shape index (κ3) is 5.49. The van der Waals surface area contributed by atoms with Crippen molar-refractivity contribution in [3.63, 3.8) is 0 Å². The first kappa shape index (κ1) is 24.6. The van der Waals surface area contributed by atoms with Crippen LogP contribution in [0.4, 0.5) is 0 Å². The lowest BCUT2D eigenvalue weighted by molar-refractivity contribution is 0.0891. The van der Waals surface area contributed by atoms with Crippen molar-refractivity contribution < 1.29 is 4.79 Å². The van der Waals surface area contributed by atoms with Crippen LogP contribution in [0.2, 0.25) is 0 Å². The van der Waals surface area contributed by atoms with Gasteiger partial charge in [0.05, 0.1) is 23.8 Å². The van der Waals surface area contributed by atoms with Crippen molar-refractivity contribution in [3.8, 4) is 0 Å². The lowest BCUT2D eigenvalue weighted by Crippen LogP contribution is -2.43. The summed E-state index contributed by atoms with van der Waals surface area (Å²) >= 11 is 1.74. The number of thioether (sulfide) groups is 1. The largest absolute Gasteiger partial charge is 0.349 e. The molecule has 1 saturated carbocycles. The average molecular weight is 499 g/mol. The molecule has 0 spiro atoms. The fraction of sp³-hybridized carbons (Fsp3) is 0.367. The van der Waals surface area contributed by atoms with E-state index in [-0.39, 0.29) is 11.9 Å². The lowest BCUT2D eigenvalue weighted by atomic mass is 9.78. The number of nitrogens with zero attached hydrogens (tertiary/aromatic N) is 3. The molecule has 1 aliphatic carbocycles. The number of aryl methyl sites for hydroxylation is 1. The molecule has 6 heteroatoms. The van der Waals surface area contributed by atoms with Crippen molar-refractivity contribution in [1.82, 2.24) is 19.9 Å². The molecule has 0 unspecified atom stereocenters. The first-order valence-electron chi connectivity index (χ1n) is 12.9. The Morgan fingerprint density at radius 1 is 1.08 bits per heavy atom. The zero-order chi connectivity index (χ0) is 25.1. The summed E-state index contributed by atoms with van der Waals surface area (Å²) in [5.41, 5.74) is 6.37. The molecule has 1 fully saturated rings. The number of carbonyl (C=O) groups is 1. The maximum Gasteiger partial charge on any atom is 0.251 e. The summed E-state index contributed by atoms with van der Waals surface area (Å²) in [6, 6.07) is 18.8. The van der Waals surface area contributed by atoms with Gasteiger partial charge in [0.1, 0.15) is 0 Å². The van der Waals surface area contributed by atoms with Crippen LogP contribution in [0.5, 0.6) is 0 Å². The van der Waals surface area contributed by atoms with Gasteiger partial charge in [0, 0.05) is 23.6 Å². The molecule has 2 aromatic heterocycles. The molecule has 36 heavy (non-hydrogen) atoms. The van der Waals surface area contributed by atoms with E-state index in [9.17, 15) is 4.79 Å². The highest BCUT2D eigenvalue weighted by molar-refractivity contribution is 7.98. The van der Waals surface area contributed by atoms with Gasteiger partial charge in [0.15, 0.2) is 5.16 Å². The van der Waals surface area contributed by atoms with E-state index in [1.807, 2.05) is 24.4 Å². The smallest absolute Gasteiger partial charge is 0.251 e. The molecule has 0 aliphatic heterocycles. The molecule has 0 saturated heterocycles. The van der Waals surface area contributed by atoms with Crippen LogP contribution in [0.15, 0.2) is 72.1 Å². The van der Waals surface area contributed by atoms with Crippen LogP contribution in [0, 0.1) is 18.8 Å². The summed E-state index contributed by atoms with van der Waals surface area (Å²) in [5, 5.41) is 4.26. The highest BCUT2D eigenvalue weighted by atomic mass is 32.2. The Morgan fingerprint density at radius 3 is 2.72 bits per heavy atom. The van der Waals surface area contributed by atoms with Gasteiger partial charge in [-0.3, -0.25) is 9.78 Å². The summed E-state index contributed by atoms with van der Waals surface area (Å²) in [7, 11) is 0. The predicted molar refractivity (Wildman–Crippen MR) is 147 cm³/mol. The fourth-order valence-electron chi connectivity index (χ4n) is 5.14. The summed E-state index contributed by atoms with van der Waals surface area (Å²) in [4.78, 5) is 22.2.